The summed E-state index contributed by atoms with van der Waals surface area (Å²) in [6, 6.07) is 6.83. The molecular formula is C18H25N5. The summed E-state index contributed by atoms with van der Waals surface area (Å²) in [5.74, 6) is 1.34. The van der Waals surface area contributed by atoms with Gasteiger partial charge in [-0.2, -0.15) is 10.1 Å². The highest BCUT2D eigenvalue weighted by molar-refractivity contribution is 5.58. The number of nitrogens with one attached hydrogen (secondary N) is 2. The molecule has 0 atom stereocenters. The zero-order valence-corrected chi connectivity index (χ0v) is 14.0. The van der Waals surface area contributed by atoms with Gasteiger partial charge in [-0.05, 0) is 49.9 Å². The molecule has 1 fully saturated rings. The molecule has 0 radical (unpaired) electrons. The Bertz CT molecular complexity index is 627. The highest BCUT2D eigenvalue weighted by atomic mass is 15.3. The van der Waals surface area contributed by atoms with Gasteiger partial charge >= 0.3 is 0 Å². The van der Waals surface area contributed by atoms with Crippen LogP contribution in [0.1, 0.15) is 49.7 Å². The van der Waals surface area contributed by atoms with Crippen LogP contribution in [0.15, 0.2) is 24.4 Å². The Kier molecular flexibility index (Phi) is 5.05. The van der Waals surface area contributed by atoms with Crippen LogP contribution in [-0.4, -0.2) is 21.2 Å². The van der Waals surface area contributed by atoms with Gasteiger partial charge < -0.3 is 10.6 Å². The minimum absolute atomic E-state index is 0.468. The third-order valence-electron chi connectivity index (χ3n) is 4.24. The number of aryl methyl sites for hydroxylation is 2. The molecular weight excluding hydrogens is 286 g/mol. The molecule has 5 nitrogen and oxygen atoms in total. The van der Waals surface area contributed by atoms with Crippen LogP contribution in [0.25, 0.3) is 0 Å². The van der Waals surface area contributed by atoms with Gasteiger partial charge in [0.2, 0.25) is 5.95 Å². The number of rotatable bonds is 4. The smallest absolute Gasteiger partial charge is 0.244 e. The van der Waals surface area contributed by atoms with Gasteiger partial charge in [0, 0.05) is 11.7 Å². The molecule has 1 aromatic carbocycles. The van der Waals surface area contributed by atoms with E-state index in [1.54, 1.807) is 6.20 Å². The highest BCUT2D eigenvalue weighted by Crippen LogP contribution is 2.21. The first-order chi connectivity index (χ1) is 11.2. The number of hydrogen-bond acceptors (Lipinski definition) is 5. The van der Waals surface area contributed by atoms with Crippen LogP contribution in [0.4, 0.5) is 17.5 Å². The Morgan fingerprint density at radius 1 is 0.957 bits per heavy atom. The Morgan fingerprint density at radius 2 is 1.65 bits per heavy atom. The van der Waals surface area contributed by atoms with E-state index in [1.165, 1.54) is 49.7 Å². The predicted octanol–water partition coefficient (Wildman–Crippen LogP) is 4.37. The summed E-state index contributed by atoms with van der Waals surface area (Å²) >= 11 is 0. The molecule has 0 unspecified atom stereocenters. The van der Waals surface area contributed by atoms with Gasteiger partial charge in [0.05, 0.1) is 6.20 Å². The number of aromatic nitrogens is 3. The normalized spacial score (nSPS) is 15.9. The van der Waals surface area contributed by atoms with Crippen molar-refractivity contribution in [1.29, 1.82) is 0 Å². The van der Waals surface area contributed by atoms with Crippen molar-refractivity contribution in [2.24, 2.45) is 0 Å². The number of anilines is 3. The molecule has 23 heavy (non-hydrogen) atoms. The molecule has 0 saturated heterocycles. The first-order valence-electron chi connectivity index (χ1n) is 8.50. The molecule has 1 saturated carbocycles. The lowest BCUT2D eigenvalue weighted by atomic mass is 10.1. The summed E-state index contributed by atoms with van der Waals surface area (Å²) in [7, 11) is 0. The first-order valence-corrected chi connectivity index (χ1v) is 8.50. The topological polar surface area (TPSA) is 62.7 Å². The van der Waals surface area contributed by atoms with Crippen molar-refractivity contribution in [2.45, 2.75) is 58.4 Å². The maximum absolute atomic E-state index is 4.56. The number of hydrogen-bond donors (Lipinski definition) is 2. The van der Waals surface area contributed by atoms with Crippen LogP contribution in [-0.2, 0) is 0 Å². The van der Waals surface area contributed by atoms with Gasteiger partial charge in [0.15, 0.2) is 5.82 Å². The van der Waals surface area contributed by atoms with E-state index in [9.17, 15) is 0 Å². The Labute approximate surface area is 137 Å². The minimum atomic E-state index is 0.468. The standard InChI is InChI=1S/C18H25N5/c1-13-9-14(2)11-16(10-13)20-17-12-19-23-18(22-17)21-15-7-5-3-4-6-8-15/h9-12,15H,3-8H2,1-2H3,(H2,20,21,22,23). The Hall–Kier alpha value is -2.17. The summed E-state index contributed by atoms with van der Waals surface area (Å²) in [5, 5.41) is 15.0. The average molecular weight is 311 g/mol. The second-order valence-electron chi connectivity index (χ2n) is 6.50. The zero-order chi connectivity index (χ0) is 16.1. The van der Waals surface area contributed by atoms with Crippen molar-refractivity contribution in [2.75, 3.05) is 10.6 Å². The summed E-state index contributed by atoms with van der Waals surface area (Å²) in [5.41, 5.74) is 3.49. The summed E-state index contributed by atoms with van der Waals surface area (Å²) in [6.45, 7) is 4.19. The van der Waals surface area contributed by atoms with E-state index in [0.717, 1.165) is 11.5 Å². The first kappa shape index (κ1) is 15.7. The van der Waals surface area contributed by atoms with E-state index in [0.29, 0.717) is 12.0 Å². The molecule has 1 aromatic heterocycles. The van der Waals surface area contributed by atoms with Crippen LogP contribution < -0.4 is 10.6 Å². The van der Waals surface area contributed by atoms with Gasteiger partial charge in [-0.15, -0.1) is 5.10 Å². The molecule has 122 valence electrons. The SMILES string of the molecule is Cc1cc(C)cc(Nc2cnnc(NC3CCCCCC3)n2)c1. The fourth-order valence-electron chi connectivity index (χ4n) is 3.23. The van der Waals surface area contributed by atoms with E-state index >= 15 is 0 Å². The molecule has 1 aliphatic rings. The van der Waals surface area contributed by atoms with Crippen molar-refractivity contribution >= 4 is 17.5 Å². The number of benzene rings is 1. The van der Waals surface area contributed by atoms with Crippen LogP contribution >= 0.6 is 0 Å². The third kappa shape index (κ3) is 4.65. The maximum atomic E-state index is 4.56. The summed E-state index contributed by atoms with van der Waals surface area (Å²) < 4.78 is 0. The predicted molar refractivity (Wildman–Crippen MR) is 94.1 cm³/mol. The lowest BCUT2D eigenvalue weighted by Gasteiger charge is -2.16. The second kappa shape index (κ2) is 7.40. The maximum Gasteiger partial charge on any atom is 0.244 e. The van der Waals surface area contributed by atoms with Crippen LogP contribution in [0.3, 0.4) is 0 Å². The van der Waals surface area contributed by atoms with Crippen LogP contribution in [0.2, 0.25) is 0 Å². The quantitative estimate of drug-likeness (QED) is 0.821. The van der Waals surface area contributed by atoms with Crippen LogP contribution in [0, 0.1) is 13.8 Å². The van der Waals surface area contributed by atoms with E-state index in [1.807, 2.05) is 0 Å². The van der Waals surface area contributed by atoms with Crippen molar-refractivity contribution in [1.82, 2.24) is 15.2 Å². The minimum Gasteiger partial charge on any atom is -0.350 e. The molecule has 0 bridgehead atoms. The molecule has 3 rings (SSSR count). The molecule has 2 aromatic rings. The lowest BCUT2D eigenvalue weighted by Crippen LogP contribution is -2.20. The van der Waals surface area contributed by atoms with Crippen molar-refractivity contribution in [3.05, 3.63) is 35.5 Å². The molecule has 1 heterocycles. The fourth-order valence-corrected chi connectivity index (χ4v) is 3.23. The molecule has 2 N–H and O–H groups in total. The van der Waals surface area contributed by atoms with Gasteiger partial charge in [-0.3, -0.25) is 0 Å². The Balaban J connectivity index is 1.69. The van der Waals surface area contributed by atoms with Gasteiger partial charge in [0.1, 0.15) is 0 Å². The van der Waals surface area contributed by atoms with E-state index in [4.69, 9.17) is 0 Å². The molecule has 5 heteroatoms. The summed E-state index contributed by atoms with van der Waals surface area (Å²) in [4.78, 5) is 4.56. The van der Waals surface area contributed by atoms with Gasteiger partial charge in [-0.1, -0.05) is 31.7 Å². The van der Waals surface area contributed by atoms with E-state index < -0.39 is 0 Å². The molecule has 0 spiro atoms. The van der Waals surface area contributed by atoms with Crippen molar-refractivity contribution in [3.8, 4) is 0 Å². The van der Waals surface area contributed by atoms with E-state index in [-0.39, 0.29) is 0 Å². The highest BCUT2D eigenvalue weighted by Gasteiger charge is 2.13. The average Bonchev–Trinajstić information content (AvgIpc) is 2.75. The molecule has 0 amide bonds. The van der Waals surface area contributed by atoms with Gasteiger partial charge in [0.25, 0.3) is 0 Å². The monoisotopic (exact) mass is 311 g/mol. The largest absolute Gasteiger partial charge is 0.350 e. The molecule has 0 aliphatic heterocycles. The zero-order valence-electron chi connectivity index (χ0n) is 14.0. The lowest BCUT2D eigenvalue weighted by molar-refractivity contribution is 0.613. The third-order valence-corrected chi connectivity index (χ3v) is 4.24. The van der Waals surface area contributed by atoms with Crippen molar-refractivity contribution < 1.29 is 0 Å². The summed E-state index contributed by atoms with van der Waals surface area (Å²) in [6.07, 6.45) is 9.29. The second-order valence-corrected chi connectivity index (χ2v) is 6.50. The van der Waals surface area contributed by atoms with Crippen molar-refractivity contribution in [3.63, 3.8) is 0 Å². The molecule has 1 aliphatic carbocycles. The van der Waals surface area contributed by atoms with E-state index in [2.05, 4.69) is 57.9 Å². The fraction of sp³-hybridized carbons (Fsp3) is 0.500. The number of nitrogens with zero attached hydrogens (tertiary/aromatic N) is 3. The van der Waals surface area contributed by atoms with Gasteiger partial charge in [-0.25, -0.2) is 0 Å². The van der Waals surface area contributed by atoms with Crippen LogP contribution in [0.5, 0.6) is 0 Å². The Morgan fingerprint density at radius 3 is 2.35 bits per heavy atom.